The van der Waals surface area contributed by atoms with Crippen LogP contribution in [0, 0.1) is 13.8 Å². The van der Waals surface area contributed by atoms with Crippen LogP contribution in [0.15, 0.2) is 54.6 Å². The molecule has 0 saturated heterocycles. The molecule has 0 aliphatic carbocycles. The van der Waals surface area contributed by atoms with Crippen LogP contribution in [-0.2, 0) is 4.74 Å². The van der Waals surface area contributed by atoms with Gasteiger partial charge in [0.2, 0.25) is 0 Å². The smallest absolute Gasteiger partial charge is 0.350 e. The zero-order valence-electron chi connectivity index (χ0n) is 15.5. The van der Waals surface area contributed by atoms with Crippen LogP contribution in [0.2, 0.25) is 0 Å². The van der Waals surface area contributed by atoms with Gasteiger partial charge < -0.3 is 10.1 Å². The van der Waals surface area contributed by atoms with Crippen LogP contribution in [0.25, 0.3) is 10.4 Å². The molecule has 3 aromatic rings. The number of nitrogens with one attached hydrogen (secondary N) is 1. The monoisotopic (exact) mass is 379 g/mol. The molecule has 0 fully saturated rings. The number of esters is 1. The van der Waals surface area contributed by atoms with Gasteiger partial charge >= 0.3 is 5.97 Å². The third kappa shape index (κ3) is 4.26. The van der Waals surface area contributed by atoms with E-state index in [1.165, 1.54) is 11.3 Å². The van der Waals surface area contributed by atoms with E-state index in [1.807, 2.05) is 62.4 Å². The molecule has 1 amide bonds. The maximum absolute atomic E-state index is 12.7. The van der Waals surface area contributed by atoms with Crippen molar-refractivity contribution < 1.29 is 14.3 Å². The van der Waals surface area contributed by atoms with Crippen molar-refractivity contribution in [1.82, 2.24) is 0 Å². The number of aryl methyl sites for hydroxylation is 2. The molecule has 0 saturated carbocycles. The molecule has 0 radical (unpaired) electrons. The fourth-order valence-electron chi connectivity index (χ4n) is 2.65. The molecule has 1 N–H and O–H groups in total. The number of rotatable bonds is 5. The van der Waals surface area contributed by atoms with Crippen LogP contribution in [0.4, 0.5) is 5.69 Å². The summed E-state index contributed by atoms with van der Waals surface area (Å²) in [5.41, 5.74) is 4.19. The lowest BCUT2D eigenvalue weighted by atomic mass is 10.1. The number of carbonyl (C=O) groups is 2. The Hall–Kier alpha value is -2.92. The maximum Gasteiger partial charge on any atom is 0.350 e. The summed E-state index contributed by atoms with van der Waals surface area (Å²) in [4.78, 5) is 26.4. The zero-order valence-corrected chi connectivity index (χ0v) is 16.4. The molecule has 0 atom stereocenters. The largest absolute Gasteiger partial charge is 0.462 e. The average Bonchev–Trinajstić information content (AvgIpc) is 3.09. The molecular weight excluding hydrogens is 358 g/mol. The molecule has 3 rings (SSSR count). The minimum atomic E-state index is -0.430. The number of ether oxygens (including phenoxy) is 1. The summed E-state index contributed by atoms with van der Waals surface area (Å²) in [6, 6.07) is 17.1. The number of amides is 1. The first-order valence-corrected chi connectivity index (χ1v) is 9.56. The van der Waals surface area contributed by atoms with E-state index in [4.69, 9.17) is 4.74 Å². The first-order valence-electron chi connectivity index (χ1n) is 8.74. The van der Waals surface area contributed by atoms with Crippen LogP contribution in [0.1, 0.15) is 38.1 Å². The normalized spacial score (nSPS) is 10.5. The first-order chi connectivity index (χ1) is 13.0. The van der Waals surface area contributed by atoms with E-state index in [-0.39, 0.29) is 12.5 Å². The highest BCUT2D eigenvalue weighted by molar-refractivity contribution is 7.18. The first kappa shape index (κ1) is 18.9. The van der Waals surface area contributed by atoms with Crippen molar-refractivity contribution in [3.63, 3.8) is 0 Å². The van der Waals surface area contributed by atoms with Crippen LogP contribution >= 0.6 is 11.3 Å². The van der Waals surface area contributed by atoms with Crippen molar-refractivity contribution in [3.05, 3.63) is 76.2 Å². The molecule has 1 aromatic heterocycles. The second-order valence-electron chi connectivity index (χ2n) is 6.19. The highest BCUT2D eigenvalue weighted by atomic mass is 32.1. The van der Waals surface area contributed by atoms with E-state index in [2.05, 4.69) is 5.32 Å². The van der Waals surface area contributed by atoms with Gasteiger partial charge in [0.15, 0.2) is 0 Å². The van der Waals surface area contributed by atoms with Crippen molar-refractivity contribution >= 4 is 28.9 Å². The third-order valence-corrected chi connectivity index (χ3v) is 5.43. The number of anilines is 1. The van der Waals surface area contributed by atoms with Crippen molar-refractivity contribution in [2.75, 3.05) is 11.9 Å². The van der Waals surface area contributed by atoms with Gasteiger partial charge in [0.1, 0.15) is 4.88 Å². The fraction of sp³-hybridized carbons (Fsp3) is 0.182. The number of hydrogen-bond acceptors (Lipinski definition) is 4. The number of benzene rings is 2. The minimum Gasteiger partial charge on any atom is -0.462 e. The Morgan fingerprint density at radius 2 is 1.74 bits per heavy atom. The van der Waals surface area contributed by atoms with Crippen LogP contribution in [0.5, 0.6) is 0 Å². The molecule has 0 spiro atoms. The third-order valence-electron chi connectivity index (χ3n) is 4.27. The summed E-state index contributed by atoms with van der Waals surface area (Å²) in [5.74, 6) is -0.680. The van der Waals surface area contributed by atoms with Crippen molar-refractivity contribution in [2.45, 2.75) is 20.8 Å². The Bertz CT molecular complexity index is 976. The Balaban J connectivity index is 1.95. The summed E-state index contributed by atoms with van der Waals surface area (Å²) in [5, 5.41) is 2.87. The van der Waals surface area contributed by atoms with Gasteiger partial charge in [-0.2, -0.15) is 0 Å². The second-order valence-corrected chi connectivity index (χ2v) is 7.25. The Morgan fingerprint density at radius 1 is 1.00 bits per heavy atom. The quantitative estimate of drug-likeness (QED) is 0.599. The van der Waals surface area contributed by atoms with Gasteiger partial charge in [0.25, 0.3) is 5.91 Å². The van der Waals surface area contributed by atoms with Gasteiger partial charge in [-0.15, -0.1) is 11.3 Å². The SMILES string of the molecule is CCOC(=O)c1sc(-c2ccccc2)cc1NC(=O)c1ccc(C)c(C)c1. The van der Waals surface area contributed by atoms with Crippen molar-refractivity contribution in [3.8, 4) is 10.4 Å². The highest BCUT2D eigenvalue weighted by Crippen LogP contribution is 2.35. The van der Waals surface area contributed by atoms with Gasteiger partial charge in [-0.3, -0.25) is 4.79 Å². The molecule has 1 heterocycles. The summed E-state index contributed by atoms with van der Waals surface area (Å²) in [6.45, 7) is 6.01. The van der Waals surface area contributed by atoms with Gasteiger partial charge in [-0.1, -0.05) is 36.4 Å². The van der Waals surface area contributed by atoms with E-state index in [9.17, 15) is 9.59 Å². The molecule has 0 aliphatic heterocycles. The number of carbonyl (C=O) groups excluding carboxylic acids is 2. The highest BCUT2D eigenvalue weighted by Gasteiger charge is 2.20. The second kappa shape index (κ2) is 8.18. The Kier molecular flexibility index (Phi) is 5.72. The molecule has 4 nitrogen and oxygen atoms in total. The van der Waals surface area contributed by atoms with Crippen LogP contribution in [0.3, 0.4) is 0 Å². The average molecular weight is 379 g/mol. The zero-order chi connectivity index (χ0) is 19.4. The van der Waals surface area contributed by atoms with E-state index in [0.29, 0.717) is 16.1 Å². The lowest BCUT2D eigenvalue weighted by Gasteiger charge is -2.08. The van der Waals surface area contributed by atoms with Gasteiger partial charge in [-0.25, -0.2) is 4.79 Å². The predicted octanol–water partition coefficient (Wildman–Crippen LogP) is 5.46. The lowest BCUT2D eigenvalue weighted by molar-refractivity contribution is 0.0533. The summed E-state index contributed by atoms with van der Waals surface area (Å²) in [7, 11) is 0. The molecule has 0 unspecified atom stereocenters. The van der Waals surface area contributed by atoms with Crippen molar-refractivity contribution in [1.29, 1.82) is 0 Å². The number of hydrogen-bond donors (Lipinski definition) is 1. The molecular formula is C22H21NO3S. The summed E-state index contributed by atoms with van der Waals surface area (Å²) < 4.78 is 5.16. The topological polar surface area (TPSA) is 55.4 Å². The van der Waals surface area contributed by atoms with E-state index in [1.54, 1.807) is 13.0 Å². The Labute approximate surface area is 162 Å². The van der Waals surface area contributed by atoms with E-state index < -0.39 is 5.97 Å². The summed E-state index contributed by atoms with van der Waals surface area (Å²) in [6.07, 6.45) is 0. The van der Waals surface area contributed by atoms with Crippen molar-refractivity contribution in [2.24, 2.45) is 0 Å². The van der Waals surface area contributed by atoms with Gasteiger partial charge in [-0.05, 0) is 55.7 Å². The van der Waals surface area contributed by atoms with E-state index >= 15 is 0 Å². The molecule has 27 heavy (non-hydrogen) atoms. The van der Waals surface area contributed by atoms with Crippen LogP contribution in [-0.4, -0.2) is 18.5 Å². The molecule has 0 aliphatic rings. The lowest BCUT2D eigenvalue weighted by Crippen LogP contribution is -2.14. The van der Waals surface area contributed by atoms with Gasteiger partial charge in [0, 0.05) is 10.4 Å². The molecule has 2 aromatic carbocycles. The van der Waals surface area contributed by atoms with E-state index in [0.717, 1.165) is 21.6 Å². The molecule has 5 heteroatoms. The molecule has 0 bridgehead atoms. The fourth-order valence-corrected chi connectivity index (χ4v) is 3.67. The minimum absolute atomic E-state index is 0.249. The predicted molar refractivity (Wildman–Crippen MR) is 110 cm³/mol. The summed E-state index contributed by atoms with van der Waals surface area (Å²) >= 11 is 1.31. The maximum atomic E-state index is 12.7. The molecule has 138 valence electrons. The Morgan fingerprint density at radius 3 is 2.41 bits per heavy atom. The van der Waals surface area contributed by atoms with Crippen LogP contribution < -0.4 is 5.32 Å². The standard InChI is InChI=1S/C22H21NO3S/c1-4-26-22(25)20-18(13-19(27-20)16-8-6-5-7-9-16)23-21(24)17-11-10-14(2)15(3)12-17/h5-13H,4H2,1-3H3,(H,23,24). The van der Waals surface area contributed by atoms with Gasteiger partial charge in [0.05, 0.1) is 12.3 Å². The number of thiophene rings is 1.